The largest absolute Gasteiger partial charge is 0.494 e. The Balaban J connectivity index is 2.59. The normalized spacial score (nSPS) is 14.1. The minimum Gasteiger partial charge on any atom is -0.494 e. The van der Waals surface area contributed by atoms with Crippen LogP contribution in [0.25, 0.3) is 11.3 Å². The molecule has 1 aromatic heterocycles. The second-order valence-electron chi connectivity index (χ2n) is 3.10. The van der Waals surface area contributed by atoms with Gasteiger partial charge in [0.1, 0.15) is 0 Å². The Morgan fingerprint density at radius 3 is 3.00 bits per heavy atom. The first-order valence-corrected chi connectivity index (χ1v) is 5.22. The molecule has 0 bridgehead atoms. The van der Waals surface area contributed by atoms with E-state index in [0.29, 0.717) is 15.7 Å². The van der Waals surface area contributed by atoms with Gasteiger partial charge in [0.05, 0.1) is 23.5 Å². The molecule has 0 fully saturated rings. The van der Waals surface area contributed by atoms with Crippen LogP contribution in [-0.2, 0) is 6.98 Å². The van der Waals surface area contributed by atoms with Crippen LogP contribution in [0.3, 0.4) is 0 Å². The molecule has 2 aromatic rings. The number of ether oxygens (including phenoxy) is 1. The van der Waals surface area contributed by atoms with Gasteiger partial charge in [0.15, 0.2) is 11.6 Å². The molecule has 1 heterocycles. The van der Waals surface area contributed by atoms with Crippen LogP contribution >= 0.6 is 15.9 Å². The molecule has 2 rings (SSSR count). The number of hydrogen-bond donors (Lipinski definition) is 0. The van der Waals surface area contributed by atoms with Crippen molar-refractivity contribution in [2.24, 2.45) is 6.98 Å². The maximum Gasteiger partial charge on any atom is 0.165 e. The molecule has 0 aliphatic carbocycles. The lowest BCUT2D eigenvalue weighted by Crippen LogP contribution is -1.95. The van der Waals surface area contributed by atoms with Gasteiger partial charge in [-0.15, -0.1) is 0 Å². The maximum atomic E-state index is 13.7. The zero-order valence-electron chi connectivity index (χ0n) is 11.4. The van der Waals surface area contributed by atoms with Gasteiger partial charge in [0.25, 0.3) is 0 Å². The van der Waals surface area contributed by atoms with Gasteiger partial charge in [0, 0.05) is 16.7 Å². The Bertz CT molecular complexity index is 612. The lowest BCUT2D eigenvalue weighted by Gasteiger charge is -2.06. The molecule has 0 spiro atoms. The number of nitrogens with zero attached hydrogens (tertiary/aromatic N) is 2. The molecule has 84 valence electrons. The summed E-state index contributed by atoms with van der Waals surface area (Å²) in [5.41, 5.74) is 0.695. The molecule has 3 nitrogen and oxygen atoms in total. The smallest absolute Gasteiger partial charge is 0.165 e. The summed E-state index contributed by atoms with van der Waals surface area (Å²) >= 11 is 3.22. The first-order chi connectivity index (χ1) is 8.84. The fourth-order valence-electron chi connectivity index (χ4n) is 1.40. The van der Waals surface area contributed by atoms with Gasteiger partial charge < -0.3 is 4.74 Å². The van der Waals surface area contributed by atoms with E-state index in [0.717, 1.165) is 4.68 Å². The van der Waals surface area contributed by atoms with E-state index in [9.17, 15) is 4.39 Å². The SMILES string of the molecule is [2H]C([2H])([2H])n1ncc(Br)c1-c1ccc(OC)c(F)c1. The van der Waals surface area contributed by atoms with Crippen LogP contribution in [0.4, 0.5) is 4.39 Å². The van der Waals surface area contributed by atoms with Gasteiger partial charge in [-0.3, -0.25) is 4.68 Å². The van der Waals surface area contributed by atoms with Crippen LogP contribution < -0.4 is 4.74 Å². The van der Waals surface area contributed by atoms with Crippen LogP contribution in [0.1, 0.15) is 4.11 Å². The highest BCUT2D eigenvalue weighted by molar-refractivity contribution is 9.10. The predicted octanol–water partition coefficient (Wildman–Crippen LogP) is 3.00. The molecule has 0 amide bonds. The third kappa shape index (κ3) is 1.82. The van der Waals surface area contributed by atoms with Crippen molar-refractivity contribution in [2.45, 2.75) is 0 Å². The average molecular weight is 288 g/mol. The van der Waals surface area contributed by atoms with Gasteiger partial charge in [-0.2, -0.15) is 5.10 Å². The van der Waals surface area contributed by atoms with Crippen molar-refractivity contribution in [1.29, 1.82) is 0 Å². The first kappa shape index (κ1) is 7.84. The van der Waals surface area contributed by atoms with Crippen LogP contribution in [0.5, 0.6) is 5.75 Å². The van der Waals surface area contributed by atoms with Crippen molar-refractivity contribution in [3.8, 4) is 17.0 Å². The first-order valence-electron chi connectivity index (χ1n) is 5.92. The Morgan fingerprint density at radius 2 is 2.38 bits per heavy atom. The highest BCUT2D eigenvalue weighted by atomic mass is 79.9. The van der Waals surface area contributed by atoms with Crippen LogP contribution in [-0.4, -0.2) is 16.9 Å². The van der Waals surface area contributed by atoms with Crippen molar-refractivity contribution in [2.75, 3.05) is 7.11 Å². The third-order valence-corrected chi connectivity index (χ3v) is 2.73. The Hall–Kier alpha value is -1.36. The van der Waals surface area contributed by atoms with E-state index in [1.165, 1.54) is 25.4 Å². The Morgan fingerprint density at radius 1 is 1.56 bits per heavy atom. The number of aromatic nitrogens is 2. The molecule has 0 saturated carbocycles. The van der Waals surface area contributed by atoms with E-state index in [4.69, 9.17) is 8.85 Å². The lowest BCUT2D eigenvalue weighted by molar-refractivity contribution is 0.386. The quantitative estimate of drug-likeness (QED) is 0.849. The minimum atomic E-state index is -2.43. The molecule has 1 aromatic carbocycles. The summed E-state index contributed by atoms with van der Waals surface area (Å²) in [7, 11) is 1.36. The van der Waals surface area contributed by atoms with Crippen LogP contribution in [0.15, 0.2) is 28.9 Å². The molecule has 0 aliphatic heterocycles. The van der Waals surface area contributed by atoms with Crippen molar-refractivity contribution >= 4 is 15.9 Å². The molecule has 0 saturated heterocycles. The van der Waals surface area contributed by atoms with E-state index in [2.05, 4.69) is 21.0 Å². The maximum absolute atomic E-state index is 13.7. The van der Waals surface area contributed by atoms with Crippen LogP contribution in [0.2, 0.25) is 0 Å². The topological polar surface area (TPSA) is 27.1 Å². The predicted molar refractivity (Wildman–Crippen MR) is 62.9 cm³/mol. The number of methoxy groups -OCH3 is 1. The lowest BCUT2D eigenvalue weighted by atomic mass is 10.1. The fraction of sp³-hybridized carbons (Fsp3) is 0.182. The summed E-state index contributed by atoms with van der Waals surface area (Å²) in [5.74, 6) is -0.468. The zero-order chi connectivity index (χ0) is 14.2. The molecule has 16 heavy (non-hydrogen) atoms. The molecule has 0 N–H and O–H groups in total. The number of benzene rings is 1. The summed E-state index contributed by atoms with van der Waals surface area (Å²) in [6.07, 6.45) is 1.36. The molecule has 0 unspecified atom stereocenters. The molecule has 0 radical (unpaired) electrons. The highest BCUT2D eigenvalue weighted by Crippen LogP contribution is 2.30. The van der Waals surface area contributed by atoms with E-state index in [-0.39, 0.29) is 5.75 Å². The average Bonchev–Trinajstić information content (AvgIpc) is 2.70. The zero-order valence-corrected chi connectivity index (χ0v) is 9.95. The van der Waals surface area contributed by atoms with E-state index in [1.54, 1.807) is 6.07 Å². The minimum absolute atomic E-state index is 0.0971. The molecule has 0 aliphatic rings. The van der Waals surface area contributed by atoms with Crippen LogP contribution in [0, 0.1) is 5.82 Å². The van der Waals surface area contributed by atoms with Gasteiger partial charge in [-0.25, -0.2) is 4.39 Å². The summed E-state index contributed by atoms with van der Waals surface area (Å²) in [6, 6.07) is 4.22. The summed E-state index contributed by atoms with van der Waals surface area (Å²) < 4.78 is 42.1. The van der Waals surface area contributed by atoms with E-state index < -0.39 is 12.8 Å². The van der Waals surface area contributed by atoms with Gasteiger partial charge in [-0.1, -0.05) is 0 Å². The third-order valence-electron chi connectivity index (χ3n) is 2.15. The van der Waals surface area contributed by atoms with Crippen molar-refractivity contribution in [3.63, 3.8) is 0 Å². The Kier molecular flexibility index (Phi) is 2.08. The molecule has 5 heteroatoms. The van der Waals surface area contributed by atoms with E-state index in [1.807, 2.05) is 0 Å². The van der Waals surface area contributed by atoms with Crippen molar-refractivity contribution in [3.05, 3.63) is 34.7 Å². The fourth-order valence-corrected chi connectivity index (χ4v) is 1.89. The second kappa shape index (κ2) is 4.25. The van der Waals surface area contributed by atoms with Gasteiger partial charge in [-0.05, 0) is 34.1 Å². The summed E-state index contributed by atoms with van der Waals surface area (Å²) in [6.45, 7) is -2.43. The number of rotatable bonds is 2. The standard InChI is InChI=1S/C11H10BrFN2O/c1-15-11(8(12)6-14-15)7-3-4-10(16-2)9(13)5-7/h3-6H,1-2H3/i1D3. The molecular formula is C11H10BrFN2O. The summed E-state index contributed by atoms with van der Waals surface area (Å²) in [5, 5.41) is 3.79. The molecule has 0 atom stereocenters. The second-order valence-corrected chi connectivity index (χ2v) is 3.96. The number of hydrogen-bond acceptors (Lipinski definition) is 2. The highest BCUT2D eigenvalue weighted by Gasteiger charge is 2.11. The van der Waals surface area contributed by atoms with Crippen molar-refractivity contribution < 1.29 is 13.2 Å². The monoisotopic (exact) mass is 287 g/mol. The van der Waals surface area contributed by atoms with Crippen molar-refractivity contribution in [1.82, 2.24) is 9.78 Å². The number of halogens is 2. The van der Waals surface area contributed by atoms with Gasteiger partial charge in [0.2, 0.25) is 0 Å². The van der Waals surface area contributed by atoms with Gasteiger partial charge >= 0.3 is 0 Å². The van der Waals surface area contributed by atoms with E-state index >= 15 is 0 Å². The summed E-state index contributed by atoms with van der Waals surface area (Å²) in [4.78, 5) is 0. The molecular weight excluding hydrogens is 275 g/mol. The Labute approximate surface area is 105 Å². The number of aryl methyl sites for hydroxylation is 1.